The summed E-state index contributed by atoms with van der Waals surface area (Å²) in [5, 5.41) is 2.87. The minimum absolute atomic E-state index is 0.134. The fourth-order valence-corrected chi connectivity index (χ4v) is 5.35. The highest BCUT2D eigenvalue weighted by Gasteiger charge is 2.30. The lowest BCUT2D eigenvalue weighted by atomic mass is 9.94. The van der Waals surface area contributed by atoms with Gasteiger partial charge >= 0.3 is 0 Å². The molecule has 1 aliphatic rings. The van der Waals surface area contributed by atoms with E-state index in [0.717, 1.165) is 18.4 Å². The number of benzene rings is 2. The Labute approximate surface area is 184 Å². The molecule has 0 spiro atoms. The second-order valence-electron chi connectivity index (χ2n) is 7.84. The van der Waals surface area contributed by atoms with Gasteiger partial charge in [-0.25, -0.2) is 8.42 Å². The van der Waals surface area contributed by atoms with Crippen LogP contribution in [0.4, 0.5) is 5.69 Å². The number of methoxy groups -OCH3 is 2. The average molecular weight is 447 g/mol. The molecule has 7 nitrogen and oxygen atoms in total. The van der Waals surface area contributed by atoms with Crippen LogP contribution in [-0.4, -0.2) is 45.9 Å². The Balaban J connectivity index is 1.58. The number of anilines is 1. The first-order chi connectivity index (χ1) is 14.8. The molecular weight excluding hydrogens is 416 g/mol. The standard InChI is InChI=1S/C23H30N2O5S/c1-17-6-10-20(11-7-17)31(27,28)25-14-4-5-18(16-25)8-13-23(26)24-21-15-19(29-2)9-12-22(21)30-3/h6-7,9-12,15,18H,4-5,8,13-14,16H2,1-3H3,(H,24,26). The molecule has 0 saturated carbocycles. The van der Waals surface area contributed by atoms with Crippen molar-refractivity contribution in [3.8, 4) is 11.5 Å². The van der Waals surface area contributed by atoms with Crippen LogP contribution in [-0.2, 0) is 14.8 Å². The van der Waals surface area contributed by atoms with Gasteiger partial charge in [0.05, 0.1) is 24.8 Å². The number of hydrogen-bond donors (Lipinski definition) is 1. The number of ether oxygens (including phenoxy) is 2. The van der Waals surface area contributed by atoms with Crippen molar-refractivity contribution in [3.05, 3.63) is 48.0 Å². The van der Waals surface area contributed by atoms with Gasteiger partial charge in [-0.3, -0.25) is 4.79 Å². The van der Waals surface area contributed by atoms with E-state index in [2.05, 4.69) is 5.32 Å². The van der Waals surface area contributed by atoms with Crippen molar-refractivity contribution in [1.82, 2.24) is 4.31 Å². The number of nitrogens with one attached hydrogen (secondary N) is 1. The van der Waals surface area contributed by atoms with Crippen molar-refractivity contribution in [1.29, 1.82) is 0 Å². The van der Waals surface area contributed by atoms with E-state index in [1.54, 1.807) is 48.9 Å². The van der Waals surface area contributed by atoms with Gasteiger partial charge in [-0.1, -0.05) is 17.7 Å². The highest BCUT2D eigenvalue weighted by molar-refractivity contribution is 7.89. The van der Waals surface area contributed by atoms with Crippen molar-refractivity contribution < 1.29 is 22.7 Å². The molecule has 168 valence electrons. The van der Waals surface area contributed by atoms with Crippen LogP contribution in [0.2, 0.25) is 0 Å². The van der Waals surface area contributed by atoms with Crippen LogP contribution in [0.15, 0.2) is 47.4 Å². The molecule has 2 aromatic rings. The smallest absolute Gasteiger partial charge is 0.243 e. The second kappa shape index (κ2) is 10.2. The van der Waals surface area contributed by atoms with E-state index in [1.807, 2.05) is 19.1 Å². The number of rotatable bonds is 8. The molecule has 8 heteroatoms. The molecule has 1 heterocycles. The highest BCUT2D eigenvalue weighted by Crippen LogP contribution is 2.30. The molecule has 1 amide bonds. The zero-order valence-corrected chi connectivity index (χ0v) is 19.1. The Morgan fingerprint density at radius 1 is 1.13 bits per heavy atom. The normalized spacial score (nSPS) is 17.2. The predicted octanol–water partition coefficient (Wildman–Crippen LogP) is 3.83. The Morgan fingerprint density at radius 3 is 2.55 bits per heavy atom. The molecular formula is C23H30N2O5S. The van der Waals surface area contributed by atoms with Crippen molar-refractivity contribution in [2.45, 2.75) is 37.5 Å². The number of sulfonamides is 1. The summed E-state index contributed by atoms with van der Waals surface area (Å²) in [6.45, 7) is 2.88. The van der Waals surface area contributed by atoms with Gasteiger partial charge in [-0.2, -0.15) is 4.31 Å². The maximum absolute atomic E-state index is 13.0. The predicted molar refractivity (Wildman–Crippen MR) is 120 cm³/mol. The molecule has 3 rings (SSSR count). The summed E-state index contributed by atoms with van der Waals surface area (Å²) in [5.74, 6) is 1.19. The molecule has 31 heavy (non-hydrogen) atoms. The first-order valence-corrected chi connectivity index (χ1v) is 11.9. The van der Waals surface area contributed by atoms with Gasteiger partial charge in [0, 0.05) is 25.6 Å². The lowest BCUT2D eigenvalue weighted by Gasteiger charge is -2.32. The summed E-state index contributed by atoms with van der Waals surface area (Å²) in [7, 11) is -0.407. The maximum atomic E-state index is 13.0. The summed E-state index contributed by atoms with van der Waals surface area (Å²) in [6.07, 6.45) is 2.64. The number of carbonyl (C=O) groups excluding carboxylic acids is 1. The van der Waals surface area contributed by atoms with E-state index in [0.29, 0.717) is 48.0 Å². The van der Waals surface area contributed by atoms with Gasteiger partial charge < -0.3 is 14.8 Å². The lowest BCUT2D eigenvalue weighted by molar-refractivity contribution is -0.116. The molecule has 2 aromatic carbocycles. The molecule has 1 saturated heterocycles. The second-order valence-corrected chi connectivity index (χ2v) is 9.78. The summed E-state index contributed by atoms with van der Waals surface area (Å²) in [5.41, 5.74) is 1.58. The molecule has 1 atom stereocenters. The van der Waals surface area contributed by atoms with Crippen molar-refractivity contribution in [2.75, 3.05) is 32.6 Å². The Bertz CT molecular complexity index is 1010. The minimum Gasteiger partial charge on any atom is -0.497 e. The van der Waals surface area contributed by atoms with Gasteiger partial charge in [0.15, 0.2) is 0 Å². The molecule has 0 aliphatic carbocycles. The third-order valence-electron chi connectivity index (χ3n) is 5.60. The van der Waals surface area contributed by atoms with E-state index in [1.165, 1.54) is 0 Å². The third kappa shape index (κ3) is 5.77. The van der Waals surface area contributed by atoms with Gasteiger partial charge in [0.25, 0.3) is 0 Å². The number of aryl methyl sites for hydroxylation is 1. The minimum atomic E-state index is -3.51. The molecule has 1 unspecified atom stereocenters. The maximum Gasteiger partial charge on any atom is 0.243 e. The SMILES string of the molecule is COc1ccc(OC)c(NC(=O)CCC2CCCN(S(=O)(=O)c3ccc(C)cc3)C2)c1. The number of nitrogens with zero attached hydrogens (tertiary/aromatic N) is 1. The topological polar surface area (TPSA) is 84.9 Å². The van der Waals surface area contributed by atoms with Crippen LogP contribution in [0.5, 0.6) is 11.5 Å². The van der Waals surface area contributed by atoms with Gasteiger partial charge in [0.2, 0.25) is 15.9 Å². The Hall–Kier alpha value is -2.58. The molecule has 1 aliphatic heterocycles. The highest BCUT2D eigenvalue weighted by atomic mass is 32.2. The molecule has 0 bridgehead atoms. The fraction of sp³-hybridized carbons (Fsp3) is 0.435. The van der Waals surface area contributed by atoms with Crippen LogP contribution < -0.4 is 14.8 Å². The van der Waals surface area contributed by atoms with Crippen molar-refractivity contribution >= 4 is 21.6 Å². The van der Waals surface area contributed by atoms with E-state index in [-0.39, 0.29) is 11.8 Å². The largest absolute Gasteiger partial charge is 0.497 e. The van der Waals surface area contributed by atoms with E-state index < -0.39 is 10.0 Å². The van der Waals surface area contributed by atoms with E-state index in [9.17, 15) is 13.2 Å². The van der Waals surface area contributed by atoms with Gasteiger partial charge in [-0.15, -0.1) is 0 Å². The monoisotopic (exact) mass is 446 g/mol. The number of piperidine rings is 1. The Morgan fingerprint density at radius 2 is 1.87 bits per heavy atom. The van der Waals surface area contributed by atoms with Gasteiger partial charge in [0.1, 0.15) is 11.5 Å². The molecule has 0 radical (unpaired) electrons. The molecule has 1 N–H and O–H groups in total. The number of carbonyl (C=O) groups is 1. The summed E-state index contributed by atoms with van der Waals surface area (Å²) in [6, 6.07) is 12.2. The fourth-order valence-electron chi connectivity index (χ4n) is 3.80. The van der Waals surface area contributed by atoms with Crippen LogP contribution >= 0.6 is 0 Å². The summed E-state index contributed by atoms with van der Waals surface area (Å²) in [4.78, 5) is 12.8. The summed E-state index contributed by atoms with van der Waals surface area (Å²) >= 11 is 0. The first kappa shape index (κ1) is 23.1. The average Bonchev–Trinajstić information content (AvgIpc) is 2.78. The van der Waals surface area contributed by atoms with Gasteiger partial charge in [-0.05, 0) is 56.4 Å². The van der Waals surface area contributed by atoms with Crippen molar-refractivity contribution in [2.24, 2.45) is 5.92 Å². The quantitative estimate of drug-likeness (QED) is 0.666. The number of hydrogen-bond acceptors (Lipinski definition) is 5. The van der Waals surface area contributed by atoms with Crippen LogP contribution in [0.1, 0.15) is 31.2 Å². The lowest BCUT2D eigenvalue weighted by Crippen LogP contribution is -2.40. The zero-order valence-electron chi connectivity index (χ0n) is 18.3. The van der Waals surface area contributed by atoms with E-state index >= 15 is 0 Å². The number of amides is 1. The van der Waals surface area contributed by atoms with Crippen LogP contribution in [0, 0.1) is 12.8 Å². The zero-order chi connectivity index (χ0) is 22.4. The van der Waals surface area contributed by atoms with Crippen LogP contribution in [0.3, 0.4) is 0 Å². The molecule has 0 aromatic heterocycles. The summed E-state index contributed by atoms with van der Waals surface area (Å²) < 4.78 is 38.0. The Kier molecular flexibility index (Phi) is 7.56. The third-order valence-corrected chi connectivity index (χ3v) is 7.48. The van der Waals surface area contributed by atoms with E-state index in [4.69, 9.17) is 9.47 Å². The molecule has 1 fully saturated rings. The van der Waals surface area contributed by atoms with Crippen molar-refractivity contribution in [3.63, 3.8) is 0 Å². The van der Waals surface area contributed by atoms with Crippen LogP contribution in [0.25, 0.3) is 0 Å². The first-order valence-electron chi connectivity index (χ1n) is 10.4.